The Morgan fingerprint density at radius 2 is 1.57 bits per heavy atom. The maximum atomic E-state index is 15.1. The molecule has 1 amide bonds. The summed E-state index contributed by atoms with van der Waals surface area (Å²) in [5.74, 6) is -3.38. The van der Waals surface area contributed by atoms with Crippen molar-refractivity contribution in [3.63, 3.8) is 0 Å². The smallest absolute Gasteiger partial charge is 0.416 e. The summed E-state index contributed by atoms with van der Waals surface area (Å²) in [4.78, 5) is 25.7. The Morgan fingerprint density at radius 3 is 2.10 bits per heavy atom. The van der Waals surface area contributed by atoms with Crippen LogP contribution in [-0.2, 0) is 17.1 Å². The van der Waals surface area contributed by atoms with Crippen molar-refractivity contribution in [1.29, 1.82) is 0 Å². The van der Waals surface area contributed by atoms with Crippen LogP contribution in [0.5, 0.6) is 5.75 Å². The van der Waals surface area contributed by atoms with Crippen molar-refractivity contribution in [3.8, 4) is 16.9 Å². The van der Waals surface area contributed by atoms with E-state index in [2.05, 4.69) is 0 Å². The maximum absolute atomic E-state index is 15.1. The number of alkyl halides is 6. The van der Waals surface area contributed by atoms with Gasteiger partial charge in [0.15, 0.2) is 0 Å². The van der Waals surface area contributed by atoms with Gasteiger partial charge in [-0.3, -0.25) is 4.90 Å². The molecule has 0 unspecified atom stereocenters. The van der Waals surface area contributed by atoms with E-state index in [9.17, 15) is 41.0 Å². The van der Waals surface area contributed by atoms with Gasteiger partial charge in [0, 0.05) is 12.1 Å². The van der Waals surface area contributed by atoms with Crippen LogP contribution < -0.4 is 4.74 Å². The molecule has 0 saturated carbocycles. The number of hydrogen-bond donors (Lipinski definition) is 1. The van der Waals surface area contributed by atoms with Crippen LogP contribution in [-0.4, -0.2) is 41.8 Å². The van der Waals surface area contributed by atoms with Gasteiger partial charge in [0.1, 0.15) is 23.5 Å². The molecule has 1 aliphatic carbocycles. The van der Waals surface area contributed by atoms with E-state index in [1.807, 2.05) is 13.8 Å². The van der Waals surface area contributed by atoms with Crippen molar-refractivity contribution in [3.05, 3.63) is 93.6 Å². The largest absolute Gasteiger partial charge is 0.496 e. The topological polar surface area (TPSA) is 76.1 Å². The summed E-state index contributed by atoms with van der Waals surface area (Å²) < 4.78 is 123. The predicted molar refractivity (Wildman–Crippen MR) is 162 cm³/mol. The number of nitrogens with zero attached hydrogens (tertiary/aromatic N) is 1. The predicted octanol–water partition coefficient (Wildman–Crippen LogP) is 9.92. The minimum atomic E-state index is -5.09. The number of carbonyl (C=O) groups is 2. The average molecular weight is 698 g/mol. The first-order chi connectivity index (χ1) is 22.7. The summed E-state index contributed by atoms with van der Waals surface area (Å²) in [7, 11) is 1.39. The van der Waals surface area contributed by atoms with Crippen LogP contribution in [0.15, 0.2) is 54.1 Å². The van der Waals surface area contributed by atoms with Crippen molar-refractivity contribution < 1.29 is 59.3 Å². The summed E-state index contributed by atoms with van der Waals surface area (Å²) in [5.41, 5.74) is -2.98. The molecule has 2 atom stereocenters. The monoisotopic (exact) mass is 697 g/mol. The lowest BCUT2D eigenvalue weighted by molar-refractivity contribution is -0.143. The molecule has 3 aromatic carbocycles. The molecule has 1 fully saturated rings. The Labute approximate surface area is 275 Å². The quantitative estimate of drug-likeness (QED) is 0.249. The van der Waals surface area contributed by atoms with Gasteiger partial charge in [-0.15, -0.1) is 0 Å². The lowest BCUT2D eigenvalue weighted by Gasteiger charge is -2.36. The molecule has 0 aromatic heterocycles. The molecular weight excluding hydrogens is 666 g/mol. The molecule has 0 spiro atoms. The van der Waals surface area contributed by atoms with E-state index in [0.29, 0.717) is 66.0 Å². The minimum Gasteiger partial charge on any atom is -0.496 e. The molecule has 1 saturated heterocycles. The number of ether oxygens (including phenoxy) is 2. The highest BCUT2D eigenvalue weighted by Gasteiger charge is 2.44. The number of halogens is 8. The number of cyclic esters (lactones) is 1. The first-order valence-electron chi connectivity index (χ1n) is 15.1. The summed E-state index contributed by atoms with van der Waals surface area (Å²) in [6, 6.07) is 5.90. The molecule has 5 rings (SSSR count). The first kappa shape index (κ1) is 35.7. The molecule has 6 nitrogen and oxygen atoms in total. The number of benzene rings is 3. The number of carboxylic acids is 1. The third kappa shape index (κ3) is 7.23. The highest BCUT2D eigenvalue weighted by atomic mass is 19.4. The van der Waals surface area contributed by atoms with E-state index < -0.39 is 76.0 Å². The van der Waals surface area contributed by atoms with Crippen molar-refractivity contribution in [2.45, 2.75) is 64.5 Å². The number of carbonyl (C=O) groups excluding carboxylic acids is 1. The van der Waals surface area contributed by atoms with E-state index in [4.69, 9.17) is 9.47 Å². The molecule has 49 heavy (non-hydrogen) atoms. The van der Waals surface area contributed by atoms with Gasteiger partial charge in [-0.05, 0) is 96.3 Å². The summed E-state index contributed by atoms with van der Waals surface area (Å²) in [6.45, 7) is 5.33. The second kappa shape index (κ2) is 12.7. The third-order valence-electron chi connectivity index (χ3n) is 8.96. The van der Waals surface area contributed by atoms with Gasteiger partial charge in [-0.1, -0.05) is 19.9 Å². The second-order valence-corrected chi connectivity index (χ2v) is 13.0. The van der Waals surface area contributed by atoms with E-state index in [0.717, 1.165) is 0 Å². The zero-order chi connectivity index (χ0) is 36.2. The van der Waals surface area contributed by atoms with Crippen molar-refractivity contribution in [2.75, 3.05) is 13.7 Å². The normalized spacial score (nSPS) is 19.7. The van der Waals surface area contributed by atoms with Gasteiger partial charge in [0.05, 0.1) is 35.4 Å². The number of aromatic carboxylic acids is 1. The lowest BCUT2D eigenvalue weighted by Crippen LogP contribution is -2.35. The molecule has 1 N–H and O–H groups in total. The fourth-order valence-electron chi connectivity index (χ4n) is 6.47. The number of carboxylic acid groups (broad SMARTS) is 1. The molecule has 0 radical (unpaired) electrons. The molecular formula is C35H31F8NO5. The standard InChI is InChI=1S/C35H31F8NO5/c1-17-30(19-9-22(34(38,39)40)14-23(10-19)35(41,42)43)49-32(47)44(17)16-21-15-33(2,3)8-7-24(21)25-11-18(5-6-28(25)48-4)29-26(36)12-20(31(45)46)13-27(29)37/h5-6,9-14,17,30H,7-8,15-16H2,1-4H3,(H,45,46)/t17-,30-/m0/s1. The molecule has 3 aromatic rings. The van der Waals surface area contributed by atoms with Gasteiger partial charge < -0.3 is 14.6 Å². The van der Waals surface area contributed by atoms with Crippen LogP contribution in [0.1, 0.15) is 78.7 Å². The zero-order valence-corrected chi connectivity index (χ0v) is 26.7. The number of rotatable bonds is 7. The fraction of sp³-hybridized carbons (Fsp3) is 0.371. The maximum Gasteiger partial charge on any atom is 0.416 e. The Kier molecular flexibility index (Phi) is 9.24. The van der Waals surface area contributed by atoms with E-state index in [-0.39, 0.29) is 23.6 Å². The molecule has 14 heteroatoms. The van der Waals surface area contributed by atoms with Crippen LogP contribution in [0, 0.1) is 17.0 Å². The Hall–Kier alpha value is -4.62. The Bertz CT molecular complexity index is 1790. The van der Waals surface area contributed by atoms with Crippen molar-refractivity contribution >= 4 is 17.6 Å². The number of hydrogen-bond acceptors (Lipinski definition) is 4. The Morgan fingerprint density at radius 1 is 0.980 bits per heavy atom. The molecule has 1 heterocycles. The average Bonchev–Trinajstić information content (AvgIpc) is 3.27. The van der Waals surface area contributed by atoms with Crippen LogP contribution in [0.4, 0.5) is 39.9 Å². The van der Waals surface area contributed by atoms with Crippen LogP contribution >= 0.6 is 0 Å². The fourth-order valence-corrected chi connectivity index (χ4v) is 6.47. The zero-order valence-electron chi connectivity index (χ0n) is 26.7. The molecule has 262 valence electrons. The van der Waals surface area contributed by atoms with Crippen molar-refractivity contribution in [2.24, 2.45) is 5.41 Å². The van der Waals surface area contributed by atoms with Crippen molar-refractivity contribution in [1.82, 2.24) is 4.90 Å². The number of amides is 1. The highest BCUT2D eigenvalue weighted by Crippen LogP contribution is 2.47. The van der Waals surface area contributed by atoms with Gasteiger partial charge in [0.2, 0.25) is 0 Å². The summed E-state index contributed by atoms with van der Waals surface area (Å²) >= 11 is 0. The van der Waals surface area contributed by atoms with E-state index in [1.54, 1.807) is 0 Å². The van der Waals surface area contributed by atoms with Crippen LogP contribution in [0.25, 0.3) is 16.7 Å². The lowest BCUT2D eigenvalue weighted by atomic mass is 9.72. The highest BCUT2D eigenvalue weighted by molar-refractivity contribution is 5.89. The van der Waals surface area contributed by atoms with Gasteiger partial charge in [0.25, 0.3) is 0 Å². The third-order valence-corrected chi connectivity index (χ3v) is 8.96. The number of allylic oxidation sites excluding steroid dienone is 1. The number of methoxy groups -OCH3 is 1. The van der Waals surface area contributed by atoms with Gasteiger partial charge in [-0.25, -0.2) is 18.4 Å². The minimum absolute atomic E-state index is 0.00363. The van der Waals surface area contributed by atoms with E-state index in [1.165, 1.54) is 37.1 Å². The SMILES string of the molecule is COc1ccc(-c2c(F)cc(C(=O)O)cc2F)cc1C1=C(CN2C(=O)O[C@H](c3cc(C(F)(F)F)cc(C(F)(F)F)c3)[C@@H]2C)CC(C)(C)CC1. The summed E-state index contributed by atoms with van der Waals surface area (Å²) in [6.07, 6.45) is -11.1. The van der Waals surface area contributed by atoms with Gasteiger partial charge >= 0.3 is 24.4 Å². The van der Waals surface area contributed by atoms with Crippen LogP contribution in [0.2, 0.25) is 0 Å². The first-order valence-corrected chi connectivity index (χ1v) is 15.1. The Balaban J connectivity index is 1.57. The van der Waals surface area contributed by atoms with E-state index >= 15 is 8.78 Å². The summed E-state index contributed by atoms with van der Waals surface area (Å²) in [5, 5.41) is 9.19. The van der Waals surface area contributed by atoms with Gasteiger partial charge in [-0.2, -0.15) is 26.3 Å². The molecule has 1 aliphatic heterocycles. The second-order valence-electron chi connectivity index (χ2n) is 13.0. The van der Waals surface area contributed by atoms with Crippen LogP contribution in [0.3, 0.4) is 0 Å². The molecule has 2 aliphatic rings. The molecule has 0 bridgehead atoms.